The third kappa shape index (κ3) is 4.81. The number of rotatable bonds is 8. The number of aromatic nitrogens is 2. The maximum atomic E-state index is 13.3. The number of fused-ring (bicyclic) bond motifs is 1. The van der Waals surface area contributed by atoms with Gasteiger partial charge in [-0.25, -0.2) is 4.98 Å². The smallest absolute Gasteiger partial charge is 0.311 e. The summed E-state index contributed by atoms with van der Waals surface area (Å²) in [5.74, 6) is -0.310. The molecule has 0 bridgehead atoms. The molecule has 0 N–H and O–H groups in total. The van der Waals surface area contributed by atoms with Crippen LogP contribution in [0.2, 0.25) is 0 Å². The highest BCUT2D eigenvalue weighted by atomic mass is 16.5. The van der Waals surface area contributed by atoms with E-state index in [1.54, 1.807) is 36.4 Å². The third-order valence-electron chi connectivity index (χ3n) is 6.21. The van der Waals surface area contributed by atoms with E-state index < -0.39 is 17.9 Å². The Hall–Kier alpha value is -3.68. The Morgan fingerprint density at radius 1 is 1.15 bits per heavy atom. The van der Waals surface area contributed by atoms with Crippen LogP contribution in [0.1, 0.15) is 49.9 Å². The van der Waals surface area contributed by atoms with Crippen molar-refractivity contribution in [3.8, 4) is 5.75 Å². The zero-order chi connectivity index (χ0) is 24.1. The zero-order valence-electron chi connectivity index (χ0n) is 19.5. The molecule has 1 aliphatic rings. The molecule has 0 unspecified atom stereocenters. The Morgan fingerprint density at radius 3 is 2.74 bits per heavy atom. The van der Waals surface area contributed by atoms with Crippen LogP contribution in [0, 0.1) is 5.92 Å². The Morgan fingerprint density at radius 2 is 1.94 bits per heavy atom. The van der Waals surface area contributed by atoms with E-state index in [2.05, 4.69) is 11.9 Å². The number of nitrogens with zero attached hydrogens (tertiary/aromatic N) is 3. The number of methoxy groups -OCH3 is 1. The van der Waals surface area contributed by atoms with E-state index in [9.17, 15) is 14.4 Å². The van der Waals surface area contributed by atoms with Gasteiger partial charge in [0.2, 0.25) is 5.91 Å². The Balaban J connectivity index is 1.60. The number of unbranched alkanes of at least 4 members (excludes halogenated alkanes) is 1. The number of hydrogen-bond donors (Lipinski definition) is 0. The number of para-hydroxylation sites is 1. The molecule has 0 radical (unpaired) electrons. The van der Waals surface area contributed by atoms with Gasteiger partial charge in [-0.3, -0.25) is 18.8 Å². The number of carbonyl (C=O) groups excluding carboxylic acids is 2. The van der Waals surface area contributed by atoms with Gasteiger partial charge < -0.3 is 14.4 Å². The van der Waals surface area contributed by atoms with E-state index in [1.807, 2.05) is 24.3 Å². The molecule has 8 nitrogen and oxygen atoms in total. The zero-order valence-corrected chi connectivity index (χ0v) is 19.5. The SMILES string of the molecule is CCCCN1C(=O)CC[C@@H](C(=O)OCc2cc(=O)n3ccccc3n2)[C@@H]1c1ccccc1OC. The third-order valence-corrected chi connectivity index (χ3v) is 6.21. The van der Waals surface area contributed by atoms with Crippen molar-refractivity contribution in [2.75, 3.05) is 13.7 Å². The van der Waals surface area contributed by atoms with Gasteiger partial charge in [-0.15, -0.1) is 0 Å². The number of benzene rings is 1. The normalized spacial score (nSPS) is 18.2. The van der Waals surface area contributed by atoms with Crippen LogP contribution in [-0.4, -0.2) is 39.8 Å². The minimum absolute atomic E-state index is 0.0256. The van der Waals surface area contributed by atoms with Gasteiger partial charge in [-0.05, 0) is 31.0 Å². The number of carbonyl (C=O) groups is 2. The molecule has 0 aliphatic carbocycles. The highest BCUT2D eigenvalue weighted by molar-refractivity contribution is 5.82. The molecule has 2 aromatic heterocycles. The van der Waals surface area contributed by atoms with Crippen LogP contribution >= 0.6 is 0 Å². The number of ether oxygens (including phenoxy) is 2. The van der Waals surface area contributed by atoms with Crippen molar-refractivity contribution < 1.29 is 19.1 Å². The predicted molar refractivity (Wildman–Crippen MR) is 126 cm³/mol. The van der Waals surface area contributed by atoms with E-state index >= 15 is 0 Å². The van der Waals surface area contributed by atoms with Crippen LogP contribution in [0.4, 0.5) is 0 Å². The molecule has 0 saturated carbocycles. The highest BCUT2D eigenvalue weighted by Crippen LogP contribution is 2.41. The maximum Gasteiger partial charge on any atom is 0.311 e. The summed E-state index contributed by atoms with van der Waals surface area (Å²) < 4.78 is 12.6. The lowest BCUT2D eigenvalue weighted by atomic mass is 9.83. The van der Waals surface area contributed by atoms with Gasteiger partial charge >= 0.3 is 5.97 Å². The van der Waals surface area contributed by atoms with Gasteiger partial charge in [0.15, 0.2) is 0 Å². The van der Waals surface area contributed by atoms with Crippen molar-refractivity contribution in [2.45, 2.75) is 45.3 Å². The van der Waals surface area contributed by atoms with Crippen LogP contribution in [0.25, 0.3) is 5.65 Å². The first kappa shape index (κ1) is 23.5. The molecule has 1 aromatic carbocycles. The molecule has 1 fully saturated rings. The monoisotopic (exact) mass is 463 g/mol. The average Bonchev–Trinajstić information content (AvgIpc) is 2.86. The Kier molecular flexibility index (Phi) is 7.25. The number of amides is 1. The maximum absolute atomic E-state index is 13.3. The van der Waals surface area contributed by atoms with Crippen molar-refractivity contribution in [1.29, 1.82) is 0 Å². The second-order valence-corrected chi connectivity index (χ2v) is 8.39. The lowest BCUT2D eigenvalue weighted by Crippen LogP contribution is -2.46. The first-order valence-corrected chi connectivity index (χ1v) is 11.6. The molecular formula is C26H29N3O5. The van der Waals surface area contributed by atoms with Gasteiger partial charge in [0.25, 0.3) is 5.56 Å². The fraction of sp³-hybridized carbons (Fsp3) is 0.385. The van der Waals surface area contributed by atoms with Crippen molar-refractivity contribution in [3.63, 3.8) is 0 Å². The summed E-state index contributed by atoms with van der Waals surface area (Å²) >= 11 is 0. The standard InChI is InChI=1S/C26H29N3O5/c1-3-4-14-29-23(30)13-12-20(25(29)19-9-5-6-10-21(19)33-2)26(32)34-17-18-16-24(31)28-15-8-7-11-22(28)27-18/h5-11,15-16,20,25H,3-4,12-14,17H2,1-2H3/t20-,25+/m1/s1. The molecule has 1 aliphatic heterocycles. The van der Waals surface area contributed by atoms with Crippen LogP contribution in [0.15, 0.2) is 59.5 Å². The molecule has 4 rings (SSSR count). The minimum atomic E-state index is -0.549. The molecule has 3 heterocycles. The molecule has 8 heteroatoms. The van der Waals surface area contributed by atoms with Gasteiger partial charge in [0.05, 0.1) is 24.8 Å². The van der Waals surface area contributed by atoms with E-state index in [4.69, 9.17) is 9.47 Å². The molecule has 178 valence electrons. The number of likely N-dealkylation sites (tertiary alicyclic amines) is 1. The molecular weight excluding hydrogens is 434 g/mol. The van der Waals surface area contributed by atoms with Crippen molar-refractivity contribution in [1.82, 2.24) is 14.3 Å². The largest absolute Gasteiger partial charge is 0.496 e. The van der Waals surface area contributed by atoms with Crippen LogP contribution in [0.3, 0.4) is 0 Å². The van der Waals surface area contributed by atoms with E-state index in [1.165, 1.54) is 10.5 Å². The van der Waals surface area contributed by atoms with E-state index in [0.29, 0.717) is 30.1 Å². The van der Waals surface area contributed by atoms with E-state index in [0.717, 1.165) is 18.4 Å². The van der Waals surface area contributed by atoms with E-state index in [-0.39, 0.29) is 24.5 Å². The Labute approximate surface area is 198 Å². The van der Waals surface area contributed by atoms with Crippen molar-refractivity contribution in [3.05, 3.63) is 76.3 Å². The summed E-state index contributed by atoms with van der Waals surface area (Å²) in [7, 11) is 1.58. The van der Waals surface area contributed by atoms with Crippen LogP contribution < -0.4 is 10.3 Å². The van der Waals surface area contributed by atoms with Gasteiger partial charge in [0.1, 0.15) is 18.0 Å². The number of piperidine rings is 1. The molecule has 1 amide bonds. The molecule has 34 heavy (non-hydrogen) atoms. The summed E-state index contributed by atoms with van der Waals surface area (Å²) in [5, 5.41) is 0. The summed E-state index contributed by atoms with van der Waals surface area (Å²) in [6.07, 6.45) is 4.08. The summed E-state index contributed by atoms with van der Waals surface area (Å²) in [4.78, 5) is 44.8. The lowest BCUT2D eigenvalue weighted by molar-refractivity contribution is -0.158. The van der Waals surface area contributed by atoms with Crippen molar-refractivity contribution >= 4 is 17.5 Å². The predicted octanol–water partition coefficient (Wildman–Crippen LogP) is 3.53. The fourth-order valence-corrected chi connectivity index (χ4v) is 4.52. The summed E-state index contributed by atoms with van der Waals surface area (Å²) in [6.45, 7) is 2.51. The van der Waals surface area contributed by atoms with Gasteiger partial charge in [-0.1, -0.05) is 37.6 Å². The second-order valence-electron chi connectivity index (χ2n) is 8.39. The number of esters is 1. The lowest BCUT2D eigenvalue weighted by Gasteiger charge is -2.40. The Bertz CT molecular complexity index is 1240. The average molecular weight is 464 g/mol. The first-order chi connectivity index (χ1) is 16.5. The van der Waals surface area contributed by atoms with Gasteiger partial charge in [-0.2, -0.15) is 0 Å². The second kappa shape index (κ2) is 10.5. The minimum Gasteiger partial charge on any atom is -0.496 e. The number of pyridine rings is 1. The van der Waals surface area contributed by atoms with Crippen molar-refractivity contribution in [2.24, 2.45) is 5.92 Å². The topological polar surface area (TPSA) is 90.2 Å². The van der Waals surface area contributed by atoms with Crippen LogP contribution in [0.5, 0.6) is 5.75 Å². The molecule has 1 saturated heterocycles. The summed E-state index contributed by atoms with van der Waals surface area (Å²) in [5.41, 5.74) is 1.42. The van der Waals surface area contributed by atoms with Crippen LogP contribution in [-0.2, 0) is 20.9 Å². The quantitative estimate of drug-likeness (QED) is 0.475. The first-order valence-electron chi connectivity index (χ1n) is 11.6. The number of hydrogen-bond acceptors (Lipinski definition) is 6. The van der Waals surface area contributed by atoms with Gasteiger partial charge in [0, 0.05) is 30.8 Å². The molecule has 2 atom stereocenters. The fourth-order valence-electron chi connectivity index (χ4n) is 4.52. The highest BCUT2D eigenvalue weighted by Gasteiger charge is 2.42. The molecule has 0 spiro atoms. The molecule has 3 aromatic rings. The summed E-state index contributed by atoms with van der Waals surface area (Å²) in [6, 6.07) is 13.6.